The second-order valence-electron chi connectivity index (χ2n) is 7.14. The number of rotatable bonds is 6. The lowest BCUT2D eigenvalue weighted by molar-refractivity contribution is 0.0942. The van der Waals surface area contributed by atoms with Gasteiger partial charge >= 0.3 is 0 Å². The fraction of sp³-hybridized carbons (Fsp3) is 0.200. The molecule has 0 aromatic carbocycles. The number of thiazole rings is 1. The molecule has 0 aliphatic rings. The number of aromatic nitrogens is 7. The van der Waals surface area contributed by atoms with Crippen LogP contribution >= 0.6 is 11.3 Å². The molecule has 5 rings (SSSR count). The van der Waals surface area contributed by atoms with Crippen molar-refractivity contribution >= 4 is 44.8 Å². The van der Waals surface area contributed by atoms with Gasteiger partial charge in [0, 0.05) is 44.2 Å². The van der Waals surface area contributed by atoms with E-state index in [1.54, 1.807) is 28.7 Å². The number of pyridine rings is 1. The number of hydrogen-bond acceptors (Lipinski definition) is 7. The normalized spacial score (nSPS) is 11.4. The number of carbonyl (C=O) groups is 1. The van der Waals surface area contributed by atoms with E-state index in [2.05, 4.69) is 30.6 Å². The lowest BCUT2D eigenvalue weighted by Gasteiger charge is -2.08. The Kier molecular flexibility index (Phi) is 4.59. The maximum Gasteiger partial charge on any atom is 0.269 e. The first-order chi connectivity index (χ1) is 15.0. The highest BCUT2D eigenvalue weighted by Gasteiger charge is 2.23. The minimum atomic E-state index is -0.269. The smallest absolute Gasteiger partial charge is 0.269 e. The van der Waals surface area contributed by atoms with E-state index in [1.165, 1.54) is 17.6 Å². The number of hydrogen-bond donors (Lipinski definition) is 3. The van der Waals surface area contributed by atoms with Gasteiger partial charge in [-0.05, 0) is 18.2 Å². The van der Waals surface area contributed by atoms with Crippen molar-refractivity contribution in [2.24, 2.45) is 14.1 Å². The van der Waals surface area contributed by atoms with Gasteiger partial charge in [-0.3, -0.25) is 14.6 Å². The number of H-pyrrole nitrogens is 1. The first-order valence-electron chi connectivity index (χ1n) is 9.57. The van der Waals surface area contributed by atoms with Crippen LogP contribution in [0.2, 0.25) is 0 Å². The molecular weight excluding hydrogens is 414 g/mol. The lowest BCUT2D eigenvalue weighted by Crippen LogP contribution is -2.26. The maximum absolute atomic E-state index is 13.0. The lowest BCUT2D eigenvalue weighted by atomic mass is 10.2. The summed E-state index contributed by atoms with van der Waals surface area (Å²) in [4.78, 5) is 22.2. The second kappa shape index (κ2) is 7.43. The fourth-order valence-electron chi connectivity index (χ4n) is 3.62. The Balaban J connectivity index is 1.40. The predicted octanol–water partition coefficient (Wildman–Crippen LogP) is 2.16. The van der Waals surface area contributed by atoms with Crippen molar-refractivity contribution < 1.29 is 4.79 Å². The number of nitrogens with zero attached hydrogens (tertiary/aromatic N) is 6. The monoisotopic (exact) mass is 433 g/mol. The van der Waals surface area contributed by atoms with E-state index in [-0.39, 0.29) is 12.5 Å². The summed E-state index contributed by atoms with van der Waals surface area (Å²) in [6.07, 6.45) is 5.25. The molecule has 156 valence electrons. The molecule has 0 bridgehead atoms. The van der Waals surface area contributed by atoms with Crippen molar-refractivity contribution in [3.05, 3.63) is 58.2 Å². The summed E-state index contributed by atoms with van der Waals surface area (Å²) >= 11 is 1.48. The van der Waals surface area contributed by atoms with E-state index >= 15 is 0 Å². The van der Waals surface area contributed by atoms with E-state index in [1.807, 2.05) is 25.2 Å². The molecule has 0 saturated heterocycles. The zero-order chi connectivity index (χ0) is 21.5. The van der Waals surface area contributed by atoms with Gasteiger partial charge in [-0.25, -0.2) is 9.97 Å². The Morgan fingerprint density at radius 1 is 1.29 bits per heavy atom. The van der Waals surface area contributed by atoms with Crippen molar-refractivity contribution in [1.82, 2.24) is 39.8 Å². The van der Waals surface area contributed by atoms with E-state index in [9.17, 15) is 4.79 Å². The van der Waals surface area contributed by atoms with Gasteiger partial charge in [-0.15, -0.1) is 11.3 Å². The highest BCUT2D eigenvalue weighted by Crippen LogP contribution is 2.30. The predicted molar refractivity (Wildman–Crippen MR) is 118 cm³/mol. The largest absolute Gasteiger partial charge is 0.345 e. The third-order valence-electron chi connectivity index (χ3n) is 5.16. The minimum absolute atomic E-state index is 0.269. The van der Waals surface area contributed by atoms with Crippen molar-refractivity contribution in [2.45, 2.75) is 13.0 Å². The Morgan fingerprint density at radius 3 is 2.94 bits per heavy atom. The number of aromatic amines is 1. The molecule has 0 radical (unpaired) electrons. The molecule has 5 aromatic rings. The topological polar surface area (TPSA) is 130 Å². The van der Waals surface area contributed by atoms with E-state index in [0.29, 0.717) is 23.3 Å². The molecule has 5 heterocycles. The fourth-order valence-corrected chi connectivity index (χ4v) is 4.75. The minimum Gasteiger partial charge on any atom is -0.345 e. The van der Waals surface area contributed by atoms with Gasteiger partial charge < -0.3 is 15.3 Å². The molecule has 3 N–H and O–H groups in total. The Morgan fingerprint density at radius 2 is 2.16 bits per heavy atom. The van der Waals surface area contributed by atoms with Crippen LogP contribution in [0.4, 0.5) is 0 Å². The molecule has 0 unspecified atom stereocenters. The van der Waals surface area contributed by atoms with Crippen molar-refractivity contribution in [2.75, 3.05) is 0 Å². The summed E-state index contributed by atoms with van der Waals surface area (Å²) in [5.41, 5.74) is 5.09. The van der Waals surface area contributed by atoms with Crippen LogP contribution in [0.1, 0.15) is 32.4 Å². The zero-order valence-corrected chi connectivity index (χ0v) is 17.7. The molecule has 1 amide bonds. The van der Waals surface area contributed by atoms with E-state index in [4.69, 9.17) is 5.41 Å². The highest BCUT2D eigenvalue weighted by atomic mass is 32.1. The van der Waals surface area contributed by atoms with Crippen LogP contribution < -0.4 is 5.32 Å². The summed E-state index contributed by atoms with van der Waals surface area (Å²) in [5, 5.41) is 22.8. The van der Waals surface area contributed by atoms with Crippen LogP contribution in [0.5, 0.6) is 0 Å². The van der Waals surface area contributed by atoms with Crippen molar-refractivity contribution in [3.63, 3.8) is 0 Å². The van der Waals surface area contributed by atoms with E-state index in [0.717, 1.165) is 32.1 Å². The second-order valence-corrected chi connectivity index (χ2v) is 8.23. The van der Waals surface area contributed by atoms with Gasteiger partial charge in [0.15, 0.2) is 5.65 Å². The zero-order valence-electron chi connectivity index (χ0n) is 16.9. The molecule has 10 nitrogen and oxygen atoms in total. The summed E-state index contributed by atoms with van der Waals surface area (Å²) in [5.74, 6) is -0.269. The third kappa shape index (κ3) is 3.28. The average Bonchev–Trinajstić information content (AvgIpc) is 3.54. The molecular formula is C20H19N9OS. The molecule has 5 aromatic heterocycles. The Hall–Kier alpha value is -3.86. The number of fused-ring (bicyclic) bond motifs is 2. The van der Waals surface area contributed by atoms with Gasteiger partial charge in [0.25, 0.3) is 5.91 Å². The molecule has 0 fully saturated rings. The number of aryl methyl sites for hydroxylation is 2. The Labute approximate surface area is 180 Å². The van der Waals surface area contributed by atoms with Gasteiger partial charge in [-0.1, -0.05) is 0 Å². The molecule has 0 saturated carbocycles. The van der Waals surface area contributed by atoms with Gasteiger partial charge in [0.2, 0.25) is 0 Å². The van der Waals surface area contributed by atoms with Crippen molar-refractivity contribution in [1.29, 1.82) is 5.41 Å². The summed E-state index contributed by atoms with van der Waals surface area (Å²) in [7, 11) is 3.66. The van der Waals surface area contributed by atoms with Crippen LogP contribution in [0.15, 0.2) is 30.6 Å². The summed E-state index contributed by atoms with van der Waals surface area (Å²) in [6.45, 7) is 0.276. The van der Waals surface area contributed by atoms with Gasteiger partial charge in [0.1, 0.15) is 16.2 Å². The number of nitrogens with one attached hydrogen (secondary N) is 3. The number of amides is 1. The maximum atomic E-state index is 13.0. The van der Waals surface area contributed by atoms with E-state index < -0.39 is 0 Å². The number of carbonyl (C=O) groups excluding carboxylic acids is 1. The molecule has 0 aliphatic heterocycles. The van der Waals surface area contributed by atoms with Crippen LogP contribution in [-0.2, 0) is 27.1 Å². The molecule has 11 heteroatoms. The van der Waals surface area contributed by atoms with Gasteiger partial charge in [0.05, 0.1) is 28.7 Å². The summed E-state index contributed by atoms with van der Waals surface area (Å²) < 4.78 is 4.33. The average molecular weight is 434 g/mol. The molecule has 0 atom stereocenters. The van der Waals surface area contributed by atoms with Crippen LogP contribution in [0.3, 0.4) is 0 Å². The van der Waals surface area contributed by atoms with Crippen molar-refractivity contribution in [3.8, 4) is 0 Å². The standard InChI is InChI=1S/C20H19N9OS/c1-28-17(20(30)22-9-12-3-4-15-14(25-12)10-24-29(15)2)13(8-21)18-19(28)26-16(31-18)7-11-5-6-23-27-11/h3-6,8,10,21H,7,9H2,1-2H3,(H,22,30)(H,23,27). The first-order valence-corrected chi connectivity index (χ1v) is 10.4. The highest BCUT2D eigenvalue weighted by molar-refractivity contribution is 7.19. The quantitative estimate of drug-likeness (QED) is 0.353. The molecule has 0 spiro atoms. The van der Waals surface area contributed by atoms with Crippen LogP contribution in [0, 0.1) is 5.41 Å². The first kappa shape index (κ1) is 19.1. The Bertz CT molecular complexity index is 1420. The molecule has 0 aliphatic carbocycles. The third-order valence-corrected chi connectivity index (χ3v) is 6.24. The van der Waals surface area contributed by atoms with Gasteiger partial charge in [-0.2, -0.15) is 10.2 Å². The van der Waals surface area contributed by atoms with Crippen LogP contribution in [-0.4, -0.2) is 46.6 Å². The van der Waals surface area contributed by atoms with Crippen LogP contribution in [0.25, 0.3) is 21.4 Å². The SMILES string of the molecule is Cn1ncc2nc(CNC(=O)c3c(C=N)c4sc(Cc5ccn[nH]5)nc4n3C)ccc21. The summed E-state index contributed by atoms with van der Waals surface area (Å²) in [6, 6.07) is 5.71. The molecule has 31 heavy (non-hydrogen) atoms.